The molecule has 0 spiro atoms. The predicted molar refractivity (Wildman–Crippen MR) is 87.4 cm³/mol. The first kappa shape index (κ1) is 16.8. The Labute approximate surface area is 135 Å². The van der Waals surface area contributed by atoms with E-state index in [1.807, 2.05) is 26.0 Å². The number of methoxy groups -OCH3 is 1. The second kappa shape index (κ2) is 7.15. The Morgan fingerprint density at radius 2 is 1.78 bits per heavy atom. The molecule has 122 valence electrons. The maximum atomic E-state index is 11.1. The summed E-state index contributed by atoms with van der Waals surface area (Å²) in [6.07, 6.45) is 0. The fraction of sp³-hybridized carbons (Fsp3) is 0.278. The zero-order valence-electron chi connectivity index (χ0n) is 13.4. The second-order valence-corrected chi connectivity index (χ2v) is 5.23. The van der Waals surface area contributed by atoms with Crippen LogP contribution in [0.15, 0.2) is 30.3 Å². The Balaban J connectivity index is 2.48. The Kier molecular flexibility index (Phi) is 5.24. The molecule has 2 N–H and O–H groups in total. The van der Waals surface area contributed by atoms with Gasteiger partial charge in [-0.15, -0.1) is 0 Å². The Hall–Kier alpha value is -2.53. The topological polar surface area (TPSA) is 76.0 Å². The van der Waals surface area contributed by atoms with Crippen molar-refractivity contribution in [1.29, 1.82) is 0 Å². The van der Waals surface area contributed by atoms with Crippen LogP contribution in [-0.4, -0.2) is 36.5 Å². The smallest absolute Gasteiger partial charge is 0.335 e. The summed E-state index contributed by atoms with van der Waals surface area (Å²) in [4.78, 5) is 11.1. The summed E-state index contributed by atoms with van der Waals surface area (Å²) >= 11 is 0. The van der Waals surface area contributed by atoms with Crippen LogP contribution >= 0.6 is 0 Å². The maximum Gasteiger partial charge on any atom is 0.335 e. The third-order valence-electron chi connectivity index (χ3n) is 3.56. The van der Waals surface area contributed by atoms with Gasteiger partial charge in [0.25, 0.3) is 0 Å². The van der Waals surface area contributed by atoms with E-state index in [9.17, 15) is 4.79 Å². The number of carbonyl (C=O) groups is 1. The summed E-state index contributed by atoms with van der Waals surface area (Å²) in [6.45, 7) is 4.07. The molecular weight excluding hydrogens is 296 g/mol. The second-order valence-electron chi connectivity index (χ2n) is 5.23. The molecular formula is C18H20O5. The van der Waals surface area contributed by atoms with E-state index in [1.165, 1.54) is 13.2 Å². The molecule has 0 bridgehead atoms. The summed E-state index contributed by atoms with van der Waals surface area (Å²) in [7, 11) is 1.52. The van der Waals surface area contributed by atoms with Gasteiger partial charge in [0.05, 0.1) is 19.3 Å². The third-order valence-corrected chi connectivity index (χ3v) is 3.56. The number of aliphatic hydroxyl groups excluding tert-OH is 1. The van der Waals surface area contributed by atoms with E-state index in [0.29, 0.717) is 5.75 Å². The molecule has 0 amide bonds. The van der Waals surface area contributed by atoms with E-state index in [4.69, 9.17) is 19.7 Å². The van der Waals surface area contributed by atoms with Crippen molar-refractivity contribution in [1.82, 2.24) is 0 Å². The number of hydrogen-bond acceptors (Lipinski definition) is 4. The number of ether oxygens (including phenoxy) is 2. The molecule has 0 aliphatic heterocycles. The number of aliphatic hydroxyl groups is 1. The highest BCUT2D eigenvalue weighted by molar-refractivity contribution is 5.90. The minimum atomic E-state index is -0.991. The summed E-state index contributed by atoms with van der Waals surface area (Å²) in [5.41, 5.74) is 3.81. The molecule has 2 rings (SSSR count). The molecule has 0 saturated carbocycles. The van der Waals surface area contributed by atoms with E-state index < -0.39 is 5.97 Å². The van der Waals surface area contributed by atoms with E-state index in [1.54, 1.807) is 12.1 Å². The van der Waals surface area contributed by atoms with Gasteiger partial charge in [-0.1, -0.05) is 0 Å². The third kappa shape index (κ3) is 3.63. The molecule has 0 fully saturated rings. The van der Waals surface area contributed by atoms with Crippen LogP contribution in [0.2, 0.25) is 0 Å². The van der Waals surface area contributed by atoms with Crippen LogP contribution in [0.4, 0.5) is 0 Å². The average Bonchev–Trinajstić information content (AvgIpc) is 2.53. The largest absolute Gasteiger partial charge is 0.496 e. The van der Waals surface area contributed by atoms with Gasteiger partial charge in [0.2, 0.25) is 0 Å². The fourth-order valence-corrected chi connectivity index (χ4v) is 2.54. The number of benzene rings is 2. The van der Waals surface area contributed by atoms with Gasteiger partial charge < -0.3 is 19.7 Å². The summed E-state index contributed by atoms with van der Waals surface area (Å²) in [5.74, 6) is 0.270. The van der Waals surface area contributed by atoms with Crippen molar-refractivity contribution in [2.75, 3.05) is 20.3 Å². The Bertz CT molecular complexity index is 698. The van der Waals surface area contributed by atoms with Crippen LogP contribution in [0.5, 0.6) is 11.5 Å². The normalized spacial score (nSPS) is 10.4. The highest BCUT2D eigenvalue weighted by Crippen LogP contribution is 2.35. The fourth-order valence-electron chi connectivity index (χ4n) is 2.54. The van der Waals surface area contributed by atoms with E-state index in [0.717, 1.165) is 28.0 Å². The molecule has 0 unspecified atom stereocenters. The first-order valence-electron chi connectivity index (χ1n) is 7.24. The van der Waals surface area contributed by atoms with Crippen molar-refractivity contribution in [3.05, 3.63) is 47.0 Å². The van der Waals surface area contributed by atoms with Gasteiger partial charge in [-0.3, -0.25) is 0 Å². The van der Waals surface area contributed by atoms with Crippen molar-refractivity contribution in [3.63, 3.8) is 0 Å². The summed E-state index contributed by atoms with van der Waals surface area (Å²) in [6, 6.07) is 8.72. The van der Waals surface area contributed by atoms with E-state index in [-0.39, 0.29) is 18.8 Å². The summed E-state index contributed by atoms with van der Waals surface area (Å²) in [5, 5.41) is 18.0. The van der Waals surface area contributed by atoms with Crippen LogP contribution in [0, 0.1) is 13.8 Å². The number of hydrogen-bond donors (Lipinski definition) is 2. The predicted octanol–water partition coefficient (Wildman–Crippen LogP) is 3.05. The van der Waals surface area contributed by atoms with Crippen LogP contribution in [0.25, 0.3) is 11.1 Å². The van der Waals surface area contributed by atoms with Gasteiger partial charge in [-0.05, 0) is 60.9 Å². The first-order chi connectivity index (χ1) is 11.0. The SMILES string of the molecule is COc1cc(C(=O)O)ccc1-c1cc(C)c(OCCO)c(C)c1. The molecule has 5 heteroatoms. The molecule has 0 radical (unpaired) electrons. The molecule has 0 atom stereocenters. The van der Waals surface area contributed by atoms with Crippen LogP contribution in [-0.2, 0) is 0 Å². The number of carboxylic acid groups (broad SMARTS) is 1. The molecule has 0 aromatic heterocycles. The van der Waals surface area contributed by atoms with Crippen molar-refractivity contribution in [2.45, 2.75) is 13.8 Å². The van der Waals surface area contributed by atoms with Crippen LogP contribution in [0.1, 0.15) is 21.5 Å². The van der Waals surface area contributed by atoms with E-state index >= 15 is 0 Å². The lowest BCUT2D eigenvalue weighted by Crippen LogP contribution is -2.04. The van der Waals surface area contributed by atoms with Gasteiger partial charge in [-0.25, -0.2) is 4.79 Å². The number of carboxylic acids is 1. The minimum Gasteiger partial charge on any atom is -0.496 e. The van der Waals surface area contributed by atoms with Crippen LogP contribution < -0.4 is 9.47 Å². The maximum absolute atomic E-state index is 11.1. The standard InChI is InChI=1S/C18H20O5/c1-11-8-14(9-12(2)17(11)23-7-6-19)15-5-4-13(18(20)21)10-16(15)22-3/h4-5,8-10,19H,6-7H2,1-3H3,(H,20,21). The van der Waals surface area contributed by atoms with Crippen molar-refractivity contribution < 1.29 is 24.5 Å². The molecule has 23 heavy (non-hydrogen) atoms. The van der Waals surface area contributed by atoms with Gasteiger partial charge >= 0.3 is 5.97 Å². The molecule has 2 aromatic carbocycles. The molecule has 0 aliphatic rings. The monoisotopic (exact) mass is 316 g/mol. The number of aryl methyl sites for hydroxylation is 2. The van der Waals surface area contributed by atoms with Crippen molar-refractivity contribution in [3.8, 4) is 22.6 Å². The average molecular weight is 316 g/mol. The highest BCUT2D eigenvalue weighted by atomic mass is 16.5. The number of rotatable bonds is 6. The van der Waals surface area contributed by atoms with Crippen molar-refractivity contribution in [2.24, 2.45) is 0 Å². The highest BCUT2D eigenvalue weighted by Gasteiger charge is 2.13. The lowest BCUT2D eigenvalue weighted by atomic mass is 9.98. The minimum absolute atomic E-state index is 0.0366. The number of aromatic carboxylic acids is 1. The quantitative estimate of drug-likeness (QED) is 0.856. The lowest BCUT2D eigenvalue weighted by Gasteiger charge is -2.15. The summed E-state index contributed by atoms with van der Waals surface area (Å²) < 4.78 is 10.9. The van der Waals surface area contributed by atoms with E-state index in [2.05, 4.69) is 0 Å². The Morgan fingerprint density at radius 1 is 1.13 bits per heavy atom. The van der Waals surface area contributed by atoms with Gasteiger partial charge in [0, 0.05) is 5.56 Å². The first-order valence-corrected chi connectivity index (χ1v) is 7.24. The molecule has 2 aromatic rings. The Morgan fingerprint density at radius 3 is 2.30 bits per heavy atom. The zero-order valence-corrected chi connectivity index (χ0v) is 13.4. The lowest BCUT2D eigenvalue weighted by molar-refractivity contribution is 0.0696. The van der Waals surface area contributed by atoms with Crippen LogP contribution in [0.3, 0.4) is 0 Å². The molecule has 0 heterocycles. The molecule has 5 nitrogen and oxygen atoms in total. The van der Waals surface area contributed by atoms with Gasteiger partial charge in [0.15, 0.2) is 0 Å². The van der Waals surface area contributed by atoms with Gasteiger partial charge in [0.1, 0.15) is 18.1 Å². The van der Waals surface area contributed by atoms with Gasteiger partial charge in [-0.2, -0.15) is 0 Å². The molecule has 0 saturated heterocycles. The zero-order chi connectivity index (χ0) is 17.0. The molecule has 0 aliphatic carbocycles. The van der Waals surface area contributed by atoms with Crippen molar-refractivity contribution >= 4 is 5.97 Å².